The van der Waals surface area contributed by atoms with Gasteiger partial charge in [0.25, 0.3) is 9.05 Å². The summed E-state index contributed by atoms with van der Waals surface area (Å²) in [6.07, 6.45) is -0.191. The highest BCUT2D eigenvalue weighted by Crippen LogP contribution is 2.32. The molecule has 0 amide bonds. The van der Waals surface area contributed by atoms with Crippen molar-refractivity contribution in [3.63, 3.8) is 0 Å². The molecule has 1 atom stereocenters. The molecule has 0 radical (unpaired) electrons. The third-order valence-electron chi connectivity index (χ3n) is 2.65. The lowest BCUT2D eigenvalue weighted by atomic mass is 10.3. The van der Waals surface area contributed by atoms with Crippen molar-refractivity contribution >= 4 is 45.5 Å². The Morgan fingerprint density at radius 3 is 2.58 bits per heavy atom. The molecule has 1 aliphatic rings. The van der Waals surface area contributed by atoms with Gasteiger partial charge in [-0.1, -0.05) is 15.9 Å². The lowest BCUT2D eigenvalue weighted by molar-refractivity contribution is 0.223. The summed E-state index contributed by atoms with van der Waals surface area (Å²) >= 11 is 3.15. The predicted octanol–water partition coefficient (Wildman–Crippen LogP) is 1.94. The molecule has 0 aromatic heterocycles. The molecule has 1 aromatic carbocycles. The minimum Gasteiger partial charge on any atom is -0.488 e. The molecule has 1 aliphatic heterocycles. The van der Waals surface area contributed by atoms with E-state index < -0.39 is 25.0 Å². The van der Waals surface area contributed by atoms with Crippen molar-refractivity contribution in [1.82, 2.24) is 0 Å². The van der Waals surface area contributed by atoms with Crippen LogP contribution in [0.15, 0.2) is 27.6 Å². The van der Waals surface area contributed by atoms with Crippen LogP contribution in [0.4, 0.5) is 0 Å². The SMILES string of the molecule is O=S1(=O)CCC(Oc2ccc(Br)cc2S(=O)(=O)Cl)C1. The second-order valence-corrected chi connectivity index (χ2v) is 9.85. The average molecular weight is 390 g/mol. The molecular weight excluding hydrogens is 380 g/mol. The van der Waals surface area contributed by atoms with Gasteiger partial charge in [-0.3, -0.25) is 0 Å². The fourth-order valence-corrected chi connectivity index (χ4v) is 4.89. The number of ether oxygens (including phenoxy) is 1. The van der Waals surface area contributed by atoms with E-state index in [4.69, 9.17) is 15.4 Å². The summed E-state index contributed by atoms with van der Waals surface area (Å²) in [7, 11) is -1.72. The van der Waals surface area contributed by atoms with E-state index in [9.17, 15) is 16.8 Å². The van der Waals surface area contributed by atoms with Gasteiger partial charge in [0.15, 0.2) is 9.84 Å². The Kier molecular flexibility index (Phi) is 4.15. The molecule has 1 aromatic rings. The van der Waals surface area contributed by atoms with Crippen molar-refractivity contribution in [2.75, 3.05) is 11.5 Å². The molecule has 1 fully saturated rings. The first-order chi connectivity index (χ1) is 8.67. The standard InChI is InChI=1S/C10H10BrClO5S2/c11-7-1-2-9(10(5-7)19(12,15)16)17-8-3-4-18(13,14)6-8/h1-2,5,8H,3-4,6H2. The van der Waals surface area contributed by atoms with Crippen LogP contribution in [0, 0.1) is 0 Å². The Bertz CT molecular complexity index is 699. The van der Waals surface area contributed by atoms with Gasteiger partial charge in [0.2, 0.25) is 0 Å². The number of rotatable bonds is 3. The van der Waals surface area contributed by atoms with Crippen LogP contribution >= 0.6 is 26.6 Å². The highest BCUT2D eigenvalue weighted by atomic mass is 79.9. The maximum atomic E-state index is 11.5. The monoisotopic (exact) mass is 388 g/mol. The topological polar surface area (TPSA) is 77.5 Å². The number of hydrogen-bond acceptors (Lipinski definition) is 5. The Balaban J connectivity index is 2.31. The second-order valence-electron chi connectivity index (χ2n) is 4.17. The van der Waals surface area contributed by atoms with E-state index in [1.165, 1.54) is 12.1 Å². The molecule has 1 unspecified atom stereocenters. The highest BCUT2D eigenvalue weighted by molar-refractivity contribution is 9.10. The van der Waals surface area contributed by atoms with Crippen molar-refractivity contribution in [3.8, 4) is 5.75 Å². The first-order valence-electron chi connectivity index (χ1n) is 5.29. The molecule has 106 valence electrons. The molecule has 1 heterocycles. The van der Waals surface area contributed by atoms with Crippen LogP contribution in [0.5, 0.6) is 5.75 Å². The van der Waals surface area contributed by atoms with Crippen LogP contribution in [0.1, 0.15) is 6.42 Å². The quantitative estimate of drug-likeness (QED) is 0.738. The van der Waals surface area contributed by atoms with Gasteiger partial charge < -0.3 is 4.74 Å². The van der Waals surface area contributed by atoms with Crippen molar-refractivity contribution in [2.45, 2.75) is 17.4 Å². The summed E-state index contributed by atoms with van der Waals surface area (Å²) in [5.74, 6) is 0.0161. The Labute approximate surface area is 124 Å². The third-order valence-corrected chi connectivity index (χ3v) is 6.23. The van der Waals surface area contributed by atoms with Gasteiger partial charge in [-0.15, -0.1) is 0 Å². The number of hydrogen-bond donors (Lipinski definition) is 0. The minimum atomic E-state index is -3.96. The molecular formula is C10H10BrClO5S2. The van der Waals surface area contributed by atoms with Crippen molar-refractivity contribution in [1.29, 1.82) is 0 Å². The summed E-state index contributed by atoms with van der Waals surface area (Å²) in [5.41, 5.74) is 0. The van der Waals surface area contributed by atoms with Crippen LogP contribution in [0.25, 0.3) is 0 Å². The van der Waals surface area contributed by atoms with Crippen LogP contribution in [0.3, 0.4) is 0 Å². The van der Waals surface area contributed by atoms with E-state index in [0.717, 1.165) is 0 Å². The van der Waals surface area contributed by atoms with Gasteiger partial charge in [-0.05, 0) is 24.6 Å². The predicted molar refractivity (Wildman–Crippen MR) is 74.9 cm³/mol. The molecule has 0 N–H and O–H groups in total. The highest BCUT2D eigenvalue weighted by Gasteiger charge is 2.30. The molecule has 1 saturated heterocycles. The zero-order valence-electron chi connectivity index (χ0n) is 9.54. The van der Waals surface area contributed by atoms with E-state index in [0.29, 0.717) is 10.9 Å². The van der Waals surface area contributed by atoms with Gasteiger partial charge in [0.1, 0.15) is 16.7 Å². The summed E-state index contributed by atoms with van der Waals surface area (Å²) in [4.78, 5) is -0.173. The molecule has 0 aliphatic carbocycles. The summed E-state index contributed by atoms with van der Waals surface area (Å²) in [6.45, 7) is 0. The Morgan fingerprint density at radius 1 is 1.37 bits per heavy atom. The minimum absolute atomic E-state index is 0.0527. The van der Waals surface area contributed by atoms with E-state index in [-0.39, 0.29) is 22.2 Å². The fraction of sp³-hybridized carbons (Fsp3) is 0.400. The van der Waals surface area contributed by atoms with Crippen molar-refractivity contribution < 1.29 is 21.6 Å². The van der Waals surface area contributed by atoms with Crippen molar-refractivity contribution in [2.24, 2.45) is 0 Å². The molecule has 0 saturated carbocycles. The van der Waals surface area contributed by atoms with Gasteiger partial charge >= 0.3 is 0 Å². The third kappa shape index (κ3) is 3.84. The summed E-state index contributed by atoms with van der Waals surface area (Å²) in [5, 5.41) is 0. The van der Waals surface area contributed by atoms with Crippen LogP contribution in [-0.4, -0.2) is 34.4 Å². The maximum absolute atomic E-state index is 11.5. The first kappa shape index (κ1) is 15.1. The largest absolute Gasteiger partial charge is 0.488 e. The van der Waals surface area contributed by atoms with Gasteiger partial charge in [-0.2, -0.15) is 0 Å². The number of sulfone groups is 1. The molecule has 19 heavy (non-hydrogen) atoms. The Morgan fingerprint density at radius 2 is 2.05 bits per heavy atom. The first-order valence-corrected chi connectivity index (χ1v) is 10.2. The molecule has 0 spiro atoms. The van der Waals surface area contributed by atoms with Gasteiger partial charge in [-0.25, -0.2) is 16.8 Å². The van der Waals surface area contributed by atoms with Crippen LogP contribution < -0.4 is 4.74 Å². The van der Waals surface area contributed by atoms with E-state index in [1.54, 1.807) is 6.07 Å². The van der Waals surface area contributed by atoms with Crippen LogP contribution in [0.2, 0.25) is 0 Å². The van der Waals surface area contributed by atoms with Crippen LogP contribution in [-0.2, 0) is 18.9 Å². The normalized spacial score (nSPS) is 22.3. The zero-order chi connectivity index (χ0) is 14.3. The number of benzene rings is 1. The lowest BCUT2D eigenvalue weighted by Gasteiger charge is -2.14. The molecule has 0 bridgehead atoms. The fourth-order valence-electron chi connectivity index (χ4n) is 1.80. The molecule has 2 rings (SSSR count). The molecule has 5 nitrogen and oxygen atoms in total. The summed E-state index contributed by atoms with van der Waals surface area (Å²) < 4.78 is 51.6. The second kappa shape index (κ2) is 5.23. The van der Waals surface area contributed by atoms with E-state index in [2.05, 4.69) is 15.9 Å². The molecule has 9 heteroatoms. The van der Waals surface area contributed by atoms with E-state index in [1.807, 2.05) is 0 Å². The Hall–Kier alpha value is -0.310. The smallest absolute Gasteiger partial charge is 0.265 e. The zero-order valence-corrected chi connectivity index (χ0v) is 13.5. The average Bonchev–Trinajstić information content (AvgIpc) is 2.59. The maximum Gasteiger partial charge on any atom is 0.265 e. The summed E-state index contributed by atoms with van der Waals surface area (Å²) in [6, 6.07) is 4.37. The lowest BCUT2D eigenvalue weighted by Crippen LogP contribution is -2.18. The van der Waals surface area contributed by atoms with Crippen molar-refractivity contribution in [3.05, 3.63) is 22.7 Å². The van der Waals surface area contributed by atoms with Gasteiger partial charge in [0, 0.05) is 15.2 Å². The van der Waals surface area contributed by atoms with Gasteiger partial charge in [0.05, 0.1) is 11.5 Å². The number of halogens is 2. The van der Waals surface area contributed by atoms with E-state index >= 15 is 0 Å².